The average Bonchev–Trinajstić information content (AvgIpc) is 1.60. The van der Waals surface area contributed by atoms with Gasteiger partial charge in [-0.3, -0.25) is 15.0 Å². The molecule has 582 valence electrons. The Morgan fingerprint density at radius 1 is 0.168 bits per heavy atom. The Labute approximate surface area is 714 Å². The van der Waals surface area contributed by atoms with E-state index in [2.05, 4.69) is 388 Å². The molecule has 0 saturated heterocycles. The van der Waals surface area contributed by atoms with Crippen LogP contribution in [0.3, 0.4) is 0 Å². The van der Waals surface area contributed by atoms with Gasteiger partial charge in [-0.1, -0.05) is 212 Å². The van der Waals surface area contributed by atoms with Gasteiger partial charge in [0.15, 0.2) is 0 Å². The number of aromatic nitrogens is 9. The van der Waals surface area contributed by atoms with Crippen LogP contribution in [-0.4, -0.2) is 43.6 Å². The van der Waals surface area contributed by atoms with E-state index >= 15 is 0 Å². The maximum atomic E-state index is 6.34. The lowest BCUT2D eigenvalue weighted by molar-refractivity contribution is 0.668. The average molecular weight is 1600 g/mol. The van der Waals surface area contributed by atoms with Crippen molar-refractivity contribution in [2.75, 3.05) is 0 Å². The van der Waals surface area contributed by atoms with Gasteiger partial charge in [0.05, 0.1) is 83.3 Å². The van der Waals surface area contributed by atoms with Gasteiger partial charge in [0.1, 0.15) is 22.3 Å². The molecule has 11 nitrogen and oxygen atoms in total. The summed E-state index contributed by atoms with van der Waals surface area (Å²) in [7, 11) is 0. The Balaban J connectivity index is 0.000000104. The number of benzene rings is 16. The summed E-state index contributed by atoms with van der Waals surface area (Å²) in [4.78, 5) is 29.3. The van der Waals surface area contributed by atoms with Crippen molar-refractivity contribution in [3.05, 3.63) is 419 Å². The van der Waals surface area contributed by atoms with E-state index in [1.54, 1.807) is 0 Å². The number of hydrogen-bond donors (Lipinski definition) is 0. The fourth-order valence-electron chi connectivity index (χ4n) is 19.2. The number of fused-ring (bicyclic) bond motifs is 24. The summed E-state index contributed by atoms with van der Waals surface area (Å²) >= 11 is 0. The van der Waals surface area contributed by atoms with Crippen LogP contribution in [0.2, 0.25) is 0 Å². The molecule has 0 saturated carbocycles. The molecule has 27 aromatic rings. The molecule has 27 rings (SSSR count). The lowest BCUT2D eigenvalue weighted by atomic mass is 9.98. The first-order valence-corrected chi connectivity index (χ1v) is 42.1. The molecule has 125 heavy (non-hydrogen) atoms. The fraction of sp³-hybridized carbons (Fsp3) is 0. The second-order valence-electron chi connectivity index (χ2n) is 31.9. The zero-order valence-corrected chi connectivity index (χ0v) is 67.2. The van der Waals surface area contributed by atoms with E-state index in [1.807, 2.05) is 55.0 Å². The summed E-state index contributed by atoms with van der Waals surface area (Å²) < 4.78 is 19.7. The summed E-state index contributed by atoms with van der Waals surface area (Å²) in [5.41, 5.74) is 30.3. The maximum absolute atomic E-state index is 6.34. The molecule has 0 spiro atoms. The highest BCUT2D eigenvalue weighted by atomic mass is 16.3. The zero-order chi connectivity index (χ0) is 82.2. The lowest BCUT2D eigenvalue weighted by Gasteiger charge is -2.10. The quantitative estimate of drug-likeness (QED) is 0.138. The van der Waals surface area contributed by atoms with E-state index in [-0.39, 0.29) is 0 Å². The molecule has 11 aromatic heterocycles. The van der Waals surface area contributed by atoms with Crippen LogP contribution in [0.1, 0.15) is 0 Å². The molecule has 0 aliphatic heterocycles. The van der Waals surface area contributed by atoms with Crippen LogP contribution < -0.4 is 0 Å². The van der Waals surface area contributed by atoms with Crippen LogP contribution in [0, 0.1) is 0 Å². The van der Waals surface area contributed by atoms with Gasteiger partial charge >= 0.3 is 0 Å². The maximum Gasteiger partial charge on any atom is 0.135 e. The largest absolute Gasteiger partial charge is 0.456 e. The lowest BCUT2D eigenvalue weighted by Crippen LogP contribution is -1.93. The zero-order valence-electron chi connectivity index (χ0n) is 67.2. The molecule has 0 aliphatic carbocycles. The van der Waals surface area contributed by atoms with Crippen molar-refractivity contribution in [3.63, 3.8) is 0 Å². The van der Waals surface area contributed by atoms with Gasteiger partial charge in [-0.25, -0.2) is 15.0 Å². The van der Waals surface area contributed by atoms with Crippen LogP contribution >= 0.6 is 0 Å². The number of para-hydroxylation sites is 7. The standard InChI is InChI=1S/2C42H25N3O.C30H19N3/c1-2-9-29(10-3-1)45-37-15-7-5-12-31(37)33-23-26(16-19-38(33)45)27-17-20-39-34(24-27)35-25-28(18-21-40(35)46-39)41-42-32(13-8-22-43-42)30-11-4-6-14-36(30)44-41;1-2-9-29(10-3-1)45-37-15-7-6-11-30(37)33-23-26(16-19-38(33)45)27-17-20-39-34(24-27)35-25-28(18-21-40(35)46-39)41-31-12-4-5-13-32(31)42-36(44-41)14-8-22-43-42;1-2-9-21(10-3-1)33-27-15-7-6-11-22(27)25-19-20(16-17-28(25)33)29-23-12-4-5-13-24(23)30-26(32-29)14-8-18-31-30/h2*1-25H;1-19H. The Kier molecular flexibility index (Phi) is 16.4. The Morgan fingerprint density at radius 2 is 0.432 bits per heavy atom. The van der Waals surface area contributed by atoms with E-state index in [9.17, 15) is 0 Å². The highest BCUT2D eigenvalue weighted by Crippen LogP contribution is 2.45. The number of rotatable bonds is 8. The molecule has 0 unspecified atom stereocenters. The van der Waals surface area contributed by atoms with Gasteiger partial charge in [0.25, 0.3) is 0 Å². The van der Waals surface area contributed by atoms with Crippen LogP contribution in [0.5, 0.6) is 0 Å². The molecule has 0 aliphatic rings. The molecular formula is C114H69N9O2. The van der Waals surface area contributed by atoms with Crippen molar-refractivity contribution in [1.82, 2.24) is 43.6 Å². The van der Waals surface area contributed by atoms with Gasteiger partial charge < -0.3 is 22.5 Å². The highest BCUT2D eigenvalue weighted by molar-refractivity contribution is 6.18. The number of nitrogens with zero attached hydrogens (tertiary/aromatic N) is 9. The van der Waals surface area contributed by atoms with E-state index in [1.165, 1.54) is 76.5 Å². The fourth-order valence-corrected chi connectivity index (χ4v) is 19.2. The molecule has 11 heteroatoms. The Bertz CT molecular complexity index is 8690. The van der Waals surface area contributed by atoms with Crippen LogP contribution in [0.15, 0.2) is 428 Å². The van der Waals surface area contributed by atoms with Gasteiger partial charge in [-0.05, 0) is 210 Å². The minimum absolute atomic E-state index is 0.857. The number of hydrogen-bond acceptors (Lipinski definition) is 8. The predicted octanol–water partition coefficient (Wildman–Crippen LogP) is 29.8. The second kappa shape index (κ2) is 28.9. The van der Waals surface area contributed by atoms with Crippen molar-refractivity contribution in [1.29, 1.82) is 0 Å². The molecule has 16 aromatic carbocycles. The number of furan rings is 2. The molecular weight excluding hydrogens is 1530 g/mol. The molecule has 11 heterocycles. The summed E-state index contributed by atoms with van der Waals surface area (Å²) in [5.74, 6) is 0. The summed E-state index contributed by atoms with van der Waals surface area (Å²) in [6, 6.07) is 141. The minimum atomic E-state index is 0.857. The third-order valence-electron chi connectivity index (χ3n) is 24.9. The first kappa shape index (κ1) is 70.9. The molecule has 0 fully saturated rings. The van der Waals surface area contributed by atoms with Crippen molar-refractivity contribution in [2.24, 2.45) is 0 Å². The molecule has 0 bridgehead atoms. The second-order valence-corrected chi connectivity index (χ2v) is 31.9. The molecule has 0 atom stereocenters. The normalized spacial score (nSPS) is 11.8. The molecule has 0 radical (unpaired) electrons. The molecule has 0 N–H and O–H groups in total. The number of pyridine rings is 6. The van der Waals surface area contributed by atoms with Crippen molar-refractivity contribution < 1.29 is 8.83 Å². The van der Waals surface area contributed by atoms with Gasteiger partial charge in [-0.15, -0.1) is 0 Å². The van der Waals surface area contributed by atoms with Gasteiger partial charge in [0.2, 0.25) is 0 Å². The molecule has 0 amide bonds. The van der Waals surface area contributed by atoms with E-state index in [4.69, 9.17) is 28.8 Å². The van der Waals surface area contributed by atoms with E-state index in [0.717, 1.165) is 171 Å². The smallest absolute Gasteiger partial charge is 0.135 e. The Hall–Kier alpha value is -17.0. The summed E-state index contributed by atoms with van der Waals surface area (Å²) in [6.07, 6.45) is 5.51. The van der Waals surface area contributed by atoms with Crippen LogP contribution in [0.4, 0.5) is 0 Å². The van der Waals surface area contributed by atoms with Gasteiger partial charge in [0, 0.05) is 139 Å². The van der Waals surface area contributed by atoms with Crippen LogP contribution in [0.25, 0.3) is 248 Å². The van der Waals surface area contributed by atoms with Crippen molar-refractivity contribution >= 4 is 175 Å². The predicted molar refractivity (Wildman–Crippen MR) is 516 cm³/mol. The van der Waals surface area contributed by atoms with Crippen molar-refractivity contribution in [2.45, 2.75) is 0 Å². The third-order valence-corrected chi connectivity index (χ3v) is 24.9. The third kappa shape index (κ3) is 11.7. The first-order chi connectivity index (χ1) is 62.0. The minimum Gasteiger partial charge on any atom is -0.456 e. The SMILES string of the molecule is c1ccc(-n2c3ccccc3c3cc(-c4ccc5oc6ccc(-c7nc8ccccc8c8cccnc78)cc6c5c4)ccc32)cc1.c1ccc(-n2c3ccccc3c3cc(-c4ccc5oc6ccc(-c7nc8cccnc8c8ccccc78)cc6c5c4)ccc32)cc1.c1ccc(-n2c3ccccc3c3cc(-c4nc5cccnc5c5ccccc45)ccc32)cc1. The van der Waals surface area contributed by atoms with Gasteiger partial charge in [-0.2, -0.15) is 0 Å². The first-order valence-electron chi connectivity index (χ1n) is 42.1. The van der Waals surface area contributed by atoms with Crippen molar-refractivity contribution in [3.8, 4) is 73.1 Å². The van der Waals surface area contributed by atoms with Crippen LogP contribution in [-0.2, 0) is 0 Å². The van der Waals surface area contributed by atoms with E-state index in [0.29, 0.717) is 0 Å². The summed E-state index contributed by atoms with van der Waals surface area (Å²) in [5, 5.41) is 18.4. The topological polar surface area (TPSA) is 118 Å². The van der Waals surface area contributed by atoms with E-state index < -0.39 is 0 Å². The highest BCUT2D eigenvalue weighted by Gasteiger charge is 2.23. The Morgan fingerprint density at radius 3 is 0.856 bits per heavy atom. The summed E-state index contributed by atoms with van der Waals surface area (Å²) in [6.45, 7) is 0. The monoisotopic (exact) mass is 1600 g/mol.